The summed E-state index contributed by atoms with van der Waals surface area (Å²) in [4.78, 5) is 0. The fourth-order valence-corrected chi connectivity index (χ4v) is 0. The van der Waals surface area contributed by atoms with Crippen molar-refractivity contribution in [1.29, 1.82) is 0 Å². The smallest absolute Gasteiger partial charge is 0 e. The molecule has 0 aromatic rings. The van der Waals surface area contributed by atoms with E-state index in [0.29, 0.717) is 0 Å². The molecule has 0 fully saturated rings. The Morgan fingerprint density at radius 2 is 1.00 bits per heavy atom. The second-order valence-corrected chi connectivity index (χ2v) is 0. The van der Waals surface area contributed by atoms with E-state index in [2.05, 4.69) is 0 Å². The van der Waals surface area contributed by atoms with Crippen LogP contribution >= 0.6 is 0 Å². The Labute approximate surface area is 135 Å². The minimum absolute atomic E-state index is 0. The van der Waals surface area contributed by atoms with Crippen molar-refractivity contribution in [3.8, 4) is 0 Å². The van der Waals surface area contributed by atoms with Gasteiger partial charge in [0.15, 0.2) is 17.4 Å². The van der Waals surface area contributed by atoms with Gasteiger partial charge in [0, 0.05) is 36.5 Å². The number of hydrogen-bond donors (Lipinski definition) is 0. The van der Waals surface area contributed by atoms with Gasteiger partial charge in [0.25, 0.3) is 0 Å². The summed E-state index contributed by atoms with van der Waals surface area (Å²) in [5, 5.41) is 0. The third kappa shape index (κ3) is 23.6. The fraction of sp³-hybridized carbons (Fsp3) is 0. The maximum absolute atomic E-state index is 0. The molecule has 0 heterocycles. The third-order valence-electron chi connectivity index (χ3n) is 0. The zero-order valence-electron chi connectivity index (χ0n) is 1.79. The molecule has 0 saturated carbocycles. The molecule has 29 valence electrons. The Morgan fingerprint density at radius 3 is 1.00 bits per heavy atom. The van der Waals surface area contributed by atoms with Crippen molar-refractivity contribution in [2.45, 2.75) is 0 Å². The number of hydrogen-bond acceptors (Lipinski definition) is 0. The monoisotopic (exact) mass is 339 g/mol. The summed E-state index contributed by atoms with van der Waals surface area (Å²) in [7, 11) is 0. The van der Waals surface area contributed by atoms with Crippen molar-refractivity contribution in [3.63, 3.8) is 0 Å². The predicted molar refractivity (Wildman–Crippen MR) is 35.6 cm³/mol. The van der Waals surface area contributed by atoms with Crippen molar-refractivity contribution in [2.75, 3.05) is 0 Å². The molecule has 0 amide bonds. The molecular weight excluding hydrogens is 330 g/mol. The minimum atomic E-state index is 0. The van der Waals surface area contributed by atoms with Gasteiger partial charge in [-0.05, 0) is 0 Å². The van der Waals surface area contributed by atoms with Crippen molar-refractivity contribution in [2.24, 2.45) is 0 Å². The molecule has 0 nitrogen and oxygen atoms in total. The van der Waals surface area contributed by atoms with Crippen molar-refractivity contribution in [1.82, 2.24) is 0 Å². The Balaban J connectivity index is 0. The van der Waals surface area contributed by atoms with Gasteiger partial charge < -0.3 is 0 Å². The molecule has 0 unspecified atom stereocenters. The molecule has 0 rings (SSSR count). The standard InChI is InChI=1S/Al.Ca.Mg.Mn.Sn.Zn.9H. The molecule has 0 N–H and O–H groups in total. The molecule has 6 heteroatoms. The molecule has 0 aliphatic carbocycles. The van der Waals surface area contributed by atoms with Crippen LogP contribution in [0, 0.1) is 0 Å². The van der Waals surface area contributed by atoms with Gasteiger partial charge in [-0.3, -0.25) is 0 Å². The van der Waals surface area contributed by atoms with Crippen LogP contribution in [-0.2, 0) is 36.5 Å². The number of rotatable bonds is 0. The van der Waals surface area contributed by atoms with E-state index < -0.39 is 0 Å². The van der Waals surface area contributed by atoms with Crippen LogP contribution in [0.5, 0.6) is 0 Å². The molecule has 0 aliphatic rings. The van der Waals surface area contributed by atoms with Crippen LogP contribution in [-0.4, -0.2) is 102 Å². The van der Waals surface area contributed by atoms with Crippen molar-refractivity contribution in [3.05, 3.63) is 0 Å². The zero-order valence-corrected chi connectivity index (χ0v) is 9.98. The Bertz CT molecular complexity index is 15.5. The van der Waals surface area contributed by atoms with Crippen LogP contribution in [0.15, 0.2) is 0 Å². The van der Waals surface area contributed by atoms with Gasteiger partial charge in [-0.25, -0.2) is 0 Å². The van der Waals surface area contributed by atoms with Crippen LogP contribution < -0.4 is 0 Å². The summed E-state index contributed by atoms with van der Waals surface area (Å²) in [6, 6.07) is 0. The summed E-state index contributed by atoms with van der Waals surface area (Å²) in [5.41, 5.74) is 0. The molecule has 0 aromatic carbocycles. The summed E-state index contributed by atoms with van der Waals surface area (Å²) >= 11 is 0. The fourth-order valence-electron chi connectivity index (χ4n) is 0. The Morgan fingerprint density at radius 1 is 1.00 bits per heavy atom. The summed E-state index contributed by atoms with van der Waals surface area (Å²) in [6.07, 6.45) is 0. The van der Waals surface area contributed by atoms with E-state index >= 15 is 0 Å². The van der Waals surface area contributed by atoms with Crippen LogP contribution in [0.1, 0.15) is 0 Å². The average Bonchev–Trinajstić information content (AvgIpc) is 0. The van der Waals surface area contributed by atoms with Gasteiger partial charge in [-0.15, -0.1) is 0 Å². The second-order valence-electron chi connectivity index (χ2n) is 0. The molecule has 0 aliphatic heterocycles. The molecule has 0 aromatic heterocycles. The molecule has 0 atom stereocenters. The quantitative estimate of drug-likeness (QED) is 0.396. The first kappa shape index (κ1) is 46.8. The van der Waals surface area contributed by atoms with E-state index in [9.17, 15) is 0 Å². The van der Waals surface area contributed by atoms with Gasteiger partial charge in [-0.2, -0.15) is 0 Å². The van der Waals surface area contributed by atoms with E-state index in [4.69, 9.17) is 0 Å². The van der Waals surface area contributed by atoms with Crippen molar-refractivity contribution < 1.29 is 36.5 Å². The van der Waals surface area contributed by atoms with Crippen LogP contribution in [0.3, 0.4) is 0 Å². The van der Waals surface area contributed by atoms with Gasteiger partial charge in [0.1, 0.15) is 0 Å². The van der Waals surface area contributed by atoms with Crippen LogP contribution in [0.25, 0.3) is 0 Å². The third-order valence-corrected chi connectivity index (χ3v) is 0. The maximum atomic E-state index is 0. The first-order valence-corrected chi connectivity index (χ1v) is 0. The molecule has 0 spiro atoms. The molecule has 0 bridgehead atoms. The van der Waals surface area contributed by atoms with Crippen LogP contribution in [0.2, 0.25) is 0 Å². The average molecular weight is 339 g/mol. The van der Waals surface area contributed by atoms with Gasteiger partial charge >= 0.3 is 84.7 Å². The van der Waals surface area contributed by atoms with E-state index in [1.165, 1.54) is 0 Å². The van der Waals surface area contributed by atoms with Crippen molar-refractivity contribution >= 4 is 102 Å². The van der Waals surface area contributed by atoms with E-state index in [0.717, 1.165) is 0 Å². The summed E-state index contributed by atoms with van der Waals surface area (Å²) in [6.45, 7) is 0. The topological polar surface area (TPSA) is 0 Å². The maximum Gasteiger partial charge on any atom is 0 e. The summed E-state index contributed by atoms with van der Waals surface area (Å²) in [5.74, 6) is 0. The van der Waals surface area contributed by atoms with E-state index in [1.54, 1.807) is 0 Å². The Hall–Kier alpha value is 4.50. The van der Waals surface area contributed by atoms with E-state index in [-0.39, 0.29) is 139 Å². The molecule has 0 saturated heterocycles. The van der Waals surface area contributed by atoms with E-state index in [1.807, 2.05) is 0 Å². The SMILES string of the molecule is [AlH3].[CaH2].[MgH2].[Mn].[SnH2].[Zn]. The molecule has 6 heavy (non-hydrogen) atoms. The zero-order chi connectivity index (χ0) is 0. The van der Waals surface area contributed by atoms with Gasteiger partial charge in [0.2, 0.25) is 0 Å². The first-order chi connectivity index (χ1) is 0. The molecule has 3 radical (unpaired) electrons. The molecular formula is H9AlCaMgMnSnZn. The van der Waals surface area contributed by atoms with Gasteiger partial charge in [-0.1, -0.05) is 0 Å². The minimum Gasteiger partial charge on any atom is 0 e. The normalized spacial score (nSPS) is 0. The Kier molecular flexibility index (Phi) is 264. The van der Waals surface area contributed by atoms with Gasteiger partial charge in [0.05, 0.1) is 0 Å². The summed E-state index contributed by atoms with van der Waals surface area (Å²) < 4.78 is 0. The predicted octanol–water partition coefficient (Wildman–Crippen LogP) is -3.94. The first-order valence-electron chi connectivity index (χ1n) is 0. The largest absolute Gasteiger partial charge is 0 e. The van der Waals surface area contributed by atoms with Crippen LogP contribution in [0.4, 0.5) is 0 Å². The second kappa shape index (κ2) is 33.9.